The van der Waals surface area contributed by atoms with E-state index in [1.807, 2.05) is 0 Å². The van der Waals surface area contributed by atoms with Crippen molar-refractivity contribution in [3.05, 3.63) is 66.0 Å². The maximum absolute atomic E-state index is 14.1. The molecule has 0 fully saturated rings. The van der Waals surface area contributed by atoms with Crippen LogP contribution in [0.2, 0.25) is 0 Å². The normalized spacial score (nSPS) is 19.1. The predicted octanol–water partition coefficient (Wildman–Crippen LogP) is 0.956. The van der Waals surface area contributed by atoms with Crippen molar-refractivity contribution in [3.63, 3.8) is 0 Å². The molecule has 0 aliphatic carbocycles. The second-order valence-corrected chi connectivity index (χ2v) is 6.18. The third-order valence-electron chi connectivity index (χ3n) is 4.27. The van der Waals surface area contributed by atoms with Gasteiger partial charge in [0.25, 0.3) is 5.84 Å². The minimum Gasteiger partial charge on any atom is -0.450 e. The Hall–Kier alpha value is -3.43. The molecule has 152 valence electrons. The standard InChI is InChI=1S/C19H17F3N4O3/c1-2-29-17(28)25-18(19(20,21)22)16(27)26(12-13-8-10-23-11-9-13)15(24-18)14-6-4-3-5-7-14/h3-11H,2,12H2,1H3,(H,25,28)/p+1/t18-/m0/s1. The van der Waals surface area contributed by atoms with Crippen molar-refractivity contribution >= 4 is 17.8 Å². The Labute approximate surface area is 164 Å². The molecule has 2 heterocycles. The topological polar surface area (TPSA) is 85.5 Å². The molecule has 0 spiro atoms. The molecule has 0 saturated heterocycles. The third kappa shape index (κ3) is 3.91. The van der Waals surface area contributed by atoms with Gasteiger partial charge in [-0.25, -0.2) is 14.6 Å². The van der Waals surface area contributed by atoms with Gasteiger partial charge in [-0.3, -0.25) is 10.3 Å². The van der Waals surface area contributed by atoms with Gasteiger partial charge >= 0.3 is 23.8 Å². The van der Waals surface area contributed by atoms with E-state index in [1.54, 1.807) is 47.8 Å². The van der Waals surface area contributed by atoms with Gasteiger partial charge in [0, 0.05) is 12.4 Å². The molecule has 1 aromatic heterocycles. The maximum atomic E-state index is 14.1. The molecule has 2 aromatic rings. The number of ether oxygens (including phenoxy) is 1. The van der Waals surface area contributed by atoms with Crippen LogP contribution < -0.4 is 10.3 Å². The molecule has 0 radical (unpaired) electrons. The quantitative estimate of drug-likeness (QED) is 0.773. The van der Waals surface area contributed by atoms with Crippen LogP contribution in [-0.2, 0) is 16.1 Å². The zero-order valence-electron chi connectivity index (χ0n) is 15.4. The van der Waals surface area contributed by atoms with Crippen LogP contribution in [0.3, 0.4) is 0 Å². The zero-order valence-corrected chi connectivity index (χ0v) is 15.4. The van der Waals surface area contributed by atoms with Crippen LogP contribution in [0.25, 0.3) is 0 Å². The number of hydrogen-bond acceptors (Lipinski definition) is 4. The Balaban J connectivity index is 2.10. The summed E-state index contributed by atoms with van der Waals surface area (Å²) in [7, 11) is 0. The van der Waals surface area contributed by atoms with E-state index >= 15 is 0 Å². The van der Waals surface area contributed by atoms with E-state index in [9.17, 15) is 22.8 Å². The maximum Gasteiger partial charge on any atom is 0.465 e. The largest absolute Gasteiger partial charge is 0.465 e. The summed E-state index contributed by atoms with van der Waals surface area (Å²) >= 11 is 0. The number of benzene rings is 1. The molecule has 3 rings (SSSR count). The van der Waals surface area contributed by atoms with Crippen molar-refractivity contribution in [1.82, 2.24) is 15.2 Å². The Bertz CT molecular complexity index is 919. The zero-order chi connectivity index (χ0) is 21.1. The van der Waals surface area contributed by atoms with E-state index in [4.69, 9.17) is 0 Å². The third-order valence-corrected chi connectivity index (χ3v) is 4.27. The monoisotopic (exact) mass is 407 g/mol. The lowest BCUT2D eigenvalue weighted by Crippen LogP contribution is -2.96. The van der Waals surface area contributed by atoms with Gasteiger partial charge in [0.2, 0.25) is 0 Å². The highest BCUT2D eigenvalue weighted by Crippen LogP contribution is 2.30. The highest BCUT2D eigenvalue weighted by Gasteiger charge is 2.72. The van der Waals surface area contributed by atoms with Crippen LogP contribution in [0, 0.1) is 0 Å². The Morgan fingerprint density at radius 2 is 1.86 bits per heavy atom. The van der Waals surface area contributed by atoms with E-state index in [0.29, 0.717) is 11.1 Å². The summed E-state index contributed by atoms with van der Waals surface area (Å²) in [6, 6.07) is 11.3. The van der Waals surface area contributed by atoms with Gasteiger partial charge < -0.3 is 4.74 Å². The van der Waals surface area contributed by atoms with Crippen molar-refractivity contribution in [2.45, 2.75) is 25.3 Å². The summed E-state index contributed by atoms with van der Waals surface area (Å²) in [5, 5.41) is 1.68. The van der Waals surface area contributed by atoms with Gasteiger partial charge in [-0.05, 0) is 36.8 Å². The summed E-state index contributed by atoms with van der Waals surface area (Å²) in [6.45, 7) is 1.14. The van der Waals surface area contributed by atoms with Crippen LogP contribution >= 0.6 is 0 Å². The molecule has 0 unspecified atom stereocenters. The number of rotatable bonds is 5. The summed E-state index contributed by atoms with van der Waals surface area (Å²) in [4.78, 5) is 31.9. The number of halogens is 3. The molecule has 1 aromatic carbocycles. The summed E-state index contributed by atoms with van der Waals surface area (Å²) in [5.41, 5.74) is -2.43. The SMILES string of the molecule is CCOC(=O)N[C@@]1(C(F)(F)F)[NH+]=C(c2ccccc2)N(Cc2ccncc2)C1=O. The molecule has 1 aliphatic rings. The Morgan fingerprint density at radius 1 is 1.21 bits per heavy atom. The first-order valence-electron chi connectivity index (χ1n) is 8.71. The molecule has 29 heavy (non-hydrogen) atoms. The van der Waals surface area contributed by atoms with Crippen LogP contribution in [0.5, 0.6) is 0 Å². The number of carbonyl (C=O) groups is 2. The van der Waals surface area contributed by atoms with Gasteiger partial charge in [0.15, 0.2) is 0 Å². The van der Waals surface area contributed by atoms with Crippen molar-refractivity contribution in [1.29, 1.82) is 0 Å². The van der Waals surface area contributed by atoms with Gasteiger partial charge in [-0.2, -0.15) is 18.1 Å². The lowest BCUT2D eigenvalue weighted by molar-refractivity contribution is -0.581. The molecule has 0 saturated carbocycles. The number of carbonyl (C=O) groups excluding carboxylic acids is 2. The highest BCUT2D eigenvalue weighted by molar-refractivity contribution is 6.10. The second-order valence-electron chi connectivity index (χ2n) is 6.18. The Kier molecular flexibility index (Phi) is 5.53. The molecule has 1 atom stereocenters. The van der Waals surface area contributed by atoms with E-state index in [-0.39, 0.29) is 19.0 Å². The lowest BCUT2D eigenvalue weighted by atomic mass is 10.1. The minimum absolute atomic E-state index is 0.0819. The van der Waals surface area contributed by atoms with Crippen molar-refractivity contribution < 1.29 is 32.5 Å². The van der Waals surface area contributed by atoms with E-state index in [1.165, 1.54) is 19.3 Å². The van der Waals surface area contributed by atoms with E-state index in [2.05, 4.69) is 14.7 Å². The molecule has 7 nitrogen and oxygen atoms in total. The number of nitrogens with zero attached hydrogens (tertiary/aromatic N) is 2. The molecular formula is C19H18F3N4O3+. The lowest BCUT2D eigenvalue weighted by Gasteiger charge is -2.24. The fourth-order valence-electron chi connectivity index (χ4n) is 2.92. The summed E-state index contributed by atoms with van der Waals surface area (Å²) < 4.78 is 46.8. The summed E-state index contributed by atoms with van der Waals surface area (Å²) in [5.74, 6) is -1.45. The second kappa shape index (κ2) is 7.90. The molecule has 2 amide bonds. The van der Waals surface area contributed by atoms with Crippen LogP contribution in [-0.4, -0.2) is 46.2 Å². The fourth-order valence-corrected chi connectivity index (χ4v) is 2.92. The minimum atomic E-state index is -5.14. The first kappa shape index (κ1) is 20.3. The summed E-state index contributed by atoms with van der Waals surface area (Å²) in [6.07, 6.45) is -3.55. The fraction of sp³-hybridized carbons (Fsp3) is 0.263. The highest BCUT2D eigenvalue weighted by atomic mass is 19.4. The first-order chi connectivity index (χ1) is 13.8. The van der Waals surface area contributed by atoms with Gasteiger partial charge in [-0.1, -0.05) is 18.2 Å². The van der Waals surface area contributed by atoms with Crippen LogP contribution in [0.1, 0.15) is 18.1 Å². The molecule has 0 bridgehead atoms. The van der Waals surface area contributed by atoms with Gasteiger partial charge in [0.05, 0.1) is 12.2 Å². The van der Waals surface area contributed by atoms with Crippen molar-refractivity contribution in [2.24, 2.45) is 0 Å². The Morgan fingerprint density at radius 3 is 2.45 bits per heavy atom. The number of aromatic nitrogens is 1. The number of nitrogens with one attached hydrogen (secondary N) is 2. The predicted molar refractivity (Wildman–Crippen MR) is 95.2 cm³/mol. The van der Waals surface area contributed by atoms with E-state index < -0.39 is 23.8 Å². The van der Waals surface area contributed by atoms with Crippen LogP contribution in [0.15, 0.2) is 54.9 Å². The molecule has 2 N–H and O–H groups in total. The van der Waals surface area contributed by atoms with Crippen molar-refractivity contribution in [2.75, 3.05) is 6.61 Å². The molecular weight excluding hydrogens is 389 g/mol. The number of pyridine rings is 1. The number of alkyl carbamates (subject to hydrolysis) is 1. The number of alkyl halides is 3. The molecule has 10 heteroatoms. The van der Waals surface area contributed by atoms with Crippen LogP contribution in [0.4, 0.5) is 18.0 Å². The average Bonchev–Trinajstić information content (AvgIpc) is 2.97. The van der Waals surface area contributed by atoms with Crippen molar-refractivity contribution in [3.8, 4) is 0 Å². The first-order valence-corrected chi connectivity index (χ1v) is 8.71. The number of amidine groups is 1. The van der Waals surface area contributed by atoms with E-state index in [0.717, 1.165) is 4.90 Å². The smallest absolute Gasteiger partial charge is 0.450 e. The van der Waals surface area contributed by atoms with Gasteiger partial charge in [0.1, 0.15) is 6.54 Å². The molecule has 1 aliphatic heterocycles. The number of amides is 2. The van der Waals surface area contributed by atoms with Gasteiger partial charge in [-0.15, -0.1) is 0 Å². The number of hydrogen-bond donors (Lipinski definition) is 2. The average molecular weight is 407 g/mol.